The molecule has 1 aromatic heterocycles. The number of anilines is 1. The van der Waals surface area contributed by atoms with Crippen LogP contribution in [-0.2, 0) is 9.53 Å². The number of carboxylic acid groups (broad SMARTS) is 1. The van der Waals surface area contributed by atoms with Gasteiger partial charge in [-0.3, -0.25) is 4.79 Å². The molecule has 6 nitrogen and oxygen atoms in total. The first kappa shape index (κ1) is 13.3. The third-order valence-corrected chi connectivity index (χ3v) is 3.73. The van der Waals surface area contributed by atoms with E-state index in [0.717, 1.165) is 19.4 Å². The second kappa shape index (κ2) is 5.21. The second-order valence-corrected chi connectivity index (χ2v) is 5.59. The Balaban J connectivity index is 2.04. The summed E-state index contributed by atoms with van der Waals surface area (Å²) in [6.45, 7) is 3.50. The molecule has 7 heteroatoms. The van der Waals surface area contributed by atoms with E-state index >= 15 is 0 Å². The molecule has 0 aromatic carbocycles. The van der Waals surface area contributed by atoms with E-state index in [1.165, 1.54) is 11.3 Å². The summed E-state index contributed by atoms with van der Waals surface area (Å²) < 4.78 is 5.45. The second-order valence-electron chi connectivity index (χ2n) is 4.74. The number of rotatable bonds is 4. The summed E-state index contributed by atoms with van der Waals surface area (Å²) in [6, 6.07) is -1.06. The molecular weight excluding hydrogens is 254 g/mol. The zero-order valence-corrected chi connectivity index (χ0v) is 11.0. The van der Waals surface area contributed by atoms with Gasteiger partial charge in [0.1, 0.15) is 6.04 Å². The Morgan fingerprint density at radius 3 is 3.17 bits per heavy atom. The van der Waals surface area contributed by atoms with E-state index < -0.39 is 12.0 Å². The first-order valence-electron chi connectivity index (χ1n) is 5.80. The summed E-state index contributed by atoms with van der Waals surface area (Å²) in [4.78, 5) is 15.0. The number of carboxylic acids is 1. The standard InChI is InChI=1S/C11H17N3O3S/c1-11(3-2-4-17-6-11)14-10-13-7(5-18-10)8(12)9(15)16/h5,8H,2-4,6,12H2,1H3,(H,13,14)(H,15,16). The quantitative estimate of drug-likeness (QED) is 0.761. The number of nitrogens with two attached hydrogens (primary N) is 1. The third kappa shape index (κ3) is 2.98. The normalized spacial score (nSPS) is 25.7. The molecule has 2 rings (SSSR count). The highest BCUT2D eigenvalue weighted by atomic mass is 32.1. The molecule has 0 amide bonds. The molecule has 0 saturated carbocycles. The van der Waals surface area contributed by atoms with E-state index in [2.05, 4.69) is 17.2 Å². The fraction of sp³-hybridized carbons (Fsp3) is 0.636. The molecule has 4 N–H and O–H groups in total. The van der Waals surface area contributed by atoms with E-state index in [-0.39, 0.29) is 5.54 Å². The van der Waals surface area contributed by atoms with Crippen LogP contribution in [0.4, 0.5) is 5.13 Å². The molecule has 1 aliphatic rings. The Hall–Kier alpha value is -1.18. The highest BCUT2D eigenvalue weighted by molar-refractivity contribution is 7.13. The van der Waals surface area contributed by atoms with Crippen molar-refractivity contribution in [3.05, 3.63) is 11.1 Å². The van der Waals surface area contributed by atoms with Crippen molar-refractivity contribution in [1.29, 1.82) is 0 Å². The maximum absolute atomic E-state index is 10.8. The van der Waals surface area contributed by atoms with Gasteiger partial charge in [-0.1, -0.05) is 0 Å². The molecule has 2 atom stereocenters. The predicted molar refractivity (Wildman–Crippen MR) is 68.8 cm³/mol. The van der Waals surface area contributed by atoms with Crippen molar-refractivity contribution in [3.63, 3.8) is 0 Å². The van der Waals surface area contributed by atoms with Crippen molar-refractivity contribution >= 4 is 22.4 Å². The Labute approximate surface area is 109 Å². The van der Waals surface area contributed by atoms with Crippen molar-refractivity contribution in [1.82, 2.24) is 4.98 Å². The first-order chi connectivity index (χ1) is 8.50. The van der Waals surface area contributed by atoms with Gasteiger partial charge in [-0.15, -0.1) is 11.3 Å². The number of carbonyl (C=O) groups is 1. The van der Waals surface area contributed by atoms with Crippen molar-refractivity contribution < 1.29 is 14.6 Å². The van der Waals surface area contributed by atoms with Gasteiger partial charge in [-0.2, -0.15) is 0 Å². The average molecular weight is 271 g/mol. The van der Waals surface area contributed by atoms with Crippen LogP contribution >= 0.6 is 11.3 Å². The molecule has 2 unspecified atom stereocenters. The lowest BCUT2D eigenvalue weighted by Gasteiger charge is -2.34. The van der Waals surface area contributed by atoms with E-state index in [0.29, 0.717) is 17.4 Å². The number of hydrogen-bond donors (Lipinski definition) is 3. The van der Waals surface area contributed by atoms with Crippen LogP contribution in [0.1, 0.15) is 31.5 Å². The largest absolute Gasteiger partial charge is 0.480 e. The summed E-state index contributed by atoms with van der Waals surface area (Å²) >= 11 is 1.37. The molecule has 0 bridgehead atoms. The maximum Gasteiger partial charge on any atom is 0.326 e. The van der Waals surface area contributed by atoms with Gasteiger partial charge in [0.05, 0.1) is 17.8 Å². The lowest BCUT2D eigenvalue weighted by Crippen LogP contribution is -2.43. The van der Waals surface area contributed by atoms with Gasteiger partial charge in [0.2, 0.25) is 0 Å². The zero-order valence-electron chi connectivity index (χ0n) is 10.2. The lowest BCUT2D eigenvalue weighted by molar-refractivity contribution is -0.138. The minimum atomic E-state index is -1.07. The summed E-state index contributed by atoms with van der Waals surface area (Å²) in [5.41, 5.74) is 5.76. The number of aliphatic carboxylic acids is 1. The van der Waals surface area contributed by atoms with Crippen LogP contribution in [-0.4, -0.2) is 34.8 Å². The monoisotopic (exact) mass is 271 g/mol. The summed E-state index contributed by atoms with van der Waals surface area (Å²) in [5, 5.41) is 14.5. The molecule has 0 radical (unpaired) electrons. The third-order valence-electron chi connectivity index (χ3n) is 2.95. The van der Waals surface area contributed by atoms with Crippen molar-refractivity contribution in [3.8, 4) is 0 Å². The van der Waals surface area contributed by atoms with Gasteiger partial charge in [0.15, 0.2) is 5.13 Å². The zero-order chi connectivity index (χ0) is 13.2. The van der Waals surface area contributed by atoms with E-state index in [9.17, 15) is 4.79 Å². The van der Waals surface area contributed by atoms with Crippen molar-refractivity contribution in [2.75, 3.05) is 18.5 Å². The van der Waals surface area contributed by atoms with Gasteiger partial charge in [0, 0.05) is 12.0 Å². The molecule has 0 spiro atoms. The number of thiazole rings is 1. The predicted octanol–water partition coefficient (Wildman–Crippen LogP) is 1.21. The lowest BCUT2D eigenvalue weighted by atomic mass is 9.95. The van der Waals surface area contributed by atoms with Gasteiger partial charge < -0.3 is 20.9 Å². The SMILES string of the molecule is CC1(Nc2nc(C(N)C(=O)O)cs2)CCCOC1. The van der Waals surface area contributed by atoms with Gasteiger partial charge in [0.25, 0.3) is 0 Å². The van der Waals surface area contributed by atoms with Crippen LogP contribution in [0.2, 0.25) is 0 Å². The number of aromatic nitrogens is 1. The number of nitrogens with zero attached hydrogens (tertiary/aromatic N) is 1. The summed E-state index contributed by atoms with van der Waals surface area (Å²) in [7, 11) is 0. The minimum Gasteiger partial charge on any atom is -0.480 e. The van der Waals surface area contributed by atoms with Crippen LogP contribution in [0.15, 0.2) is 5.38 Å². The summed E-state index contributed by atoms with van der Waals surface area (Å²) in [6.07, 6.45) is 2.02. The minimum absolute atomic E-state index is 0.138. The molecular formula is C11H17N3O3S. The topological polar surface area (TPSA) is 97.5 Å². The number of ether oxygens (including phenoxy) is 1. The fourth-order valence-corrected chi connectivity index (χ4v) is 2.80. The van der Waals surface area contributed by atoms with E-state index in [1.807, 2.05) is 0 Å². The molecule has 1 aliphatic heterocycles. The molecule has 1 saturated heterocycles. The van der Waals surface area contributed by atoms with Gasteiger partial charge >= 0.3 is 5.97 Å². The molecule has 100 valence electrons. The molecule has 0 aliphatic carbocycles. The van der Waals surface area contributed by atoms with Crippen molar-refractivity contribution in [2.45, 2.75) is 31.3 Å². The first-order valence-corrected chi connectivity index (χ1v) is 6.68. The molecule has 2 heterocycles. The maximum atomic E-state index is 10.8. The highest BCUT2D eigenvalue weighted by Crippen LogP contribution is 2.27. The van der Waals surface area contributed by atoms with Crippen LogP contribution in [0.5, 0.6) is 0 Å². The van der Waals surface area contributed by atoms with E-state index in [1.54, 1.807) is 5.38 Å². The highest BCUT2D eigenvalue weighted by Gasteiger charge is 2.28. The Bertz CT molecular complexity index is 429. The molecule has 1 fully saturated rings. The Kier molecular flexibility index (Phi) is 3.84. The molecule has 1 aromatic rings. The van der Waals surface area contributed by atoms with Crippen molar-refractivity contribution in [2.24, 2.45) is 5.73 Å². The van der Waals surface area contributed by atoms with Gasteiger partial charge in [-0.25, -0.2) is 4.98 Å². The fourth-order valence-electron chi connectivity index (χ4n) is 1.90. The van der Waals surface area contributed by atoms with E-state index in [4.69, 9.17) is 15.6 Å². The number of hydrogen-bond acceptors (Lipinski definition) is 6. The van der Waals surface area contributed by atoms with Crippen LogP contribution < -0.4 is 11.1 Å². The van der Waals surface area contributed by atoms with Crippen LogP contribution in [0.3, 0.4) is 0 Å². The molecule has 18 heavy (non-hydrogen) atoms. The van der Waals surface area contributed by atoms with Crippen LogP contribution in [0, 0.1) is 0 Å². The van der Waals surface area contributed by atoms with Crippen LogP contribution in [0.25, 0.3) is 0 Å². The smallest absolute Gasteiger partial charge is 0.326 e. The summed E-state index contributed by atoms with van der Waals surface area (Å²) in [5.74, 6) is -1.07. The Morgan fingerprint density at radius 2 is 2.56 bits per heavy atom. The van der Waals surface area contributed by atoms with Gasteiger partial charge in [-0.05, 0) is 19.8 Å². The average Bonchev–Trinajstić information content (AvgIpc) is 2.76. The Morgan fingerprint density at radius 1 is 1.78 bits per heavy atom. The number of nitrogens with one attached hydrogen (secondary N) is 1.